The topological polar surface area (TPSA) is 66.5 Å². The van der Waals surface area contributed by atoms with E-state index in [-0.39, 0.29) is 0 Å². The summed E-state index contributed by atoms with van der Waals surface area (Å²) in [4.78, 5) is 14.2. The number of anilines is 2. The minimum Gasteiger partial charge on any atom is -0.369 e. The SMILES string of the molecule is CC(C(=O)Nc1ccccc1N(C)Cc1ccccc1)S(C)(=O)=O. The normalized spacial score (nSPS) is 12.5. The molecule has 5 nitrogen and oxygen atoms in total. The Morgan fingerprint density at radius 1 is 1.08 bits per heavy atom. The molecule has 0 aliphatic carbocycles. The second-order valence-electron chi connectivity index (χ2n) is 5.82. The molecule has 0 bridgehead atoms. The molecule has 1 atom stereocenters. The fourth-order valence-electron chi connectivity index (χ4n) is 2.28. The molecule has 1 unspecified atom stereocenters. The van der Waals surface area contributed by atoms with E-state index in [1.807, 2.05) is 54.4 Å². The lowest BCUT2D eigenvalue weighted by atomic mass is 10.2. The third-order valence-corrected chi connectivity index (χ3v) is 5.35. The number of amides is 1. The molecule has 24 heavy (non-hydrogen) atoms. The van der Waals surface area contributed by atoms with Crippen LogP contribution < -0.4 is 10.2 Å². The molecule has 2 aromatic rings. The van der Waals surface area contributed by atoms with Gasteiger partial charge in [0.1, 0.15) is 5.25 Å². The Bertz CT molecular complexity index is 804. The van der Waals surface area contributed by atoms with Gasteiger partial charge in [0, 0.05) is 19.8 Å². The first-order valence-electron chi connectivity index (χ1n) is 7.63. The number of benzene rings is 2. The van der Waals surface area contributed by atoms with Gasteiger partial charge in [0.05, 0.1) is 11.4 Å². The van der Waals surface area contributed by atoms with Crippen LogP contribution in [-0.2, 0) is 21.2 Å². The Kier molecular flexibility index (Phi) is 5.62. The van der Waals surface area contributed by atoms with Crippen LogP contribution in [-0.4, -0.2) is 32.9 Å². The summed E-state index contributed by atoms with van der Waals surface area (Å²) < 4.78 is 23.1. The van der Waals surface area contributed by atoms with Gasteiger partial charge in [-0.15, -0.1) is 0 Å². The number of carbonyl (C=O) groups is 1. The zero-order chi connectivity index (χ0) is 17.7. The first kappa shape index (κ1) is 18.0. The van der Waals surface area contributed by atoms with Crippen LogP contribution in [0.1, 0.15) is 12.5 Å². The van der Waals surface area contributed by atoms with Crippen molar-refractivity contribution in [3.8, 4) is 0 Å². The van der Waals surface area contributed by atoms with Crippen LogP contribution >= 0.6 is 0 Å². The molecule has 0 aromatic heterocycles. The quantitative estimate of drug-likeness (QED) is 0.873. The fraction of sp³-hybridized carbons (Fsp3) is 0.278. The van der Waals surface area contributed by atoms with Crippen LogP contribution in [0.5, 0.6) is 0 Å². The van der Waals surface area contributed by atoms with Gasteiger partial charge in [-0.1, -0.05) is 42.5 Å². The van der Waals surface area contributed by atoms with E-state index < -0.39 is 21.0 Å². The molecule has 0 fully saturated rings. The van der Waals surface area contributed by atoms with Crippen molar-refractivity contribution in [2.24, 2.45) is 0 Å². The molecule has 0 saturated heterocycles. The van der Waals surface area contributed by atoms with Crippen LogP contribution in [0.15, 0.2) is 54.6 Å². The number of sulfone groups is 1. The van der Waals surface area contributed by atoms with Crippen LogP contribution in [0.2, 0.25) is 0 Å². The first-order valence-corrected chi connectivity index (χ1v) is 9.58. The fourth-order valence-corrected chi connectivity index (χ4v) is 2.73. The summed E-state index contributed by atoms with van der Waals surface area (Å²) in [7, 11) is -1.50. The predicted molar refractivity (Wildman–Crippen MR) is 97.9 cm³/mol. The largest absolute Gasteiger partial charge is 0.369 e. The summed E-state index contributed by atoms with van der Waals surface area (Å²) in [5, 5.41) is 1.63. The second kappa shape index (κ2) is 7.49. The highest BCUT2D eigenvalue weighted by Crippen LogP contribution is 2.26. The summed E-state index contributed by atoms with van der Waals surface area (Å²) in [5.74, 6) is -0.530. The van der Waals surface area contributed by atoms with Gasteiger partial charge in [0.2, 0.25) is 5.91 Å². The summed E-state index contributed by atoms with van der Waals surface area (Å²) in [6.45, 7) is 2.07. The molecule has 0 spiro atoms. The third kappa shape index (κ3) is 4.58. The van der Waals surface area contributed by atoms with Crippen LogP contribution in [0.25, 0.3) is 0 Å². The lowest BCUT2D eigenvalue weighted by Crippen LogP contribution is -2.32. The average Bonchev–Trinajstić information content (AvgIpc) is 2.54. The van der Waals surface area contributed by atoms with Crippen molar-refractivity contribution in [2.75, 3.05) is 23.5 Å². The Morgan fingerprint density at radius 2 is 1.67 bits per heavy atom. The monoisotopic (exact) mass is 346 g/mol. The average molecular weight is 346 g/mol. The number of nitrogens with one attached hydrogen (secondary N) is 1. The molecule has 0 saturated carbocycles. The first-order chi connectivity index (χ1) is 11.3. The lowest BCUT2D eigenvalue weighted by molar-refractivity contribution is -0.115. The highest BCUT2D eigenvalue weighted by Gasteiger charge is 2.24. The van der Waals surface area contributed by atoms with E-state index in [9.17, 15) is 13.2 Å². The van der Waals surface area contributed by atoms with Gasteiger partial charge in [-0.3, -0.25) is 4.79 Å². The molecule has 0 aliphatic heterocycles. The van der Waals surface area contributed by atoms with Gasteiger partial charge in [-0.25, -0.2) is 8.42 Å². The number of carbonyl (C=O) groups excluding carboxylic acids is 1. The molecule has 128 valence electrons. The summed E-state index contributed by atoms with van der Waals surface area (Å²) >= 11 is 0. The van der Waals surface area contributed by atoms with Crippen molar-refractivity contribution in [3.05, 3.63) is 60.2 Å². The van der Waals surface area contributed by atoms with Crippen molar-refractivity contribution in [1.29, 1.82) is 0 Å². The summed E-state index contributed by atoms with van der Waals surface area (Å²) in [6, 6.07) is 17.3. The van der Waals surface area contributed by atoms with Crippen LogP contribution in [0, 0.1) is 0 Å². The standard InChI is InChI=1S/C18H22N2O3S/c1-14(24(3,22)23)18(21)19-16-11-7-8-12-17(16)20(2)13-15-9-5-4-6-10-15/h4-12,14H,13H2,1-3H3,(H,19,21). The van der Waals surface area contributed by atoms with E-state index in [1.54, 1.807) is 12.1 Å². The van der Waals surface area contributed by atoms with Crippen molar-refractivity contribution in [3.63, 3.8) is 0 Å². The van der Waals surface area contributed by atoms with Gasteiger partial charge >= 0.3 is 0 Å². The Balaban J connectivity index is 2.19. The molecule has 0 heterocycles. The molecular weight excluding hydrogens is 324 g/mol. The number of hydrogen-bond acceptors (Lipinski definition) is 4. The zero-order valence-corrected chi connectivity index (χ0v) is 14.9. The maximum absolute atomic E-state index is 12.2. The second-order valence-corrected chi connectivity index (χ2v) is 8.19. The smallest absolute Gasteiger partial charge is 0.242 e. The van der Waals surface area contributed by atoms with E-state index in [0.29, 0.717) is 12.2 Å². The van der Waals surface area contributed by atoms with Gasteiger partial charge in [0.25, 0.3) is 0 Å². The van der Waals surface area contributed by atoms with E-state index in [1.165, 1.54) is 6.92 Å². The van der Waals surface area contributed by atoms with Crippen molar-refractivity contribution in [1.82, 2.24) is 0 Å². The van der Waals surface area contributed by atoms with Crippen molar-refractivity contribution < 1.29 is 13.2 Å². The zero-order valence-electron chi connectivity index (χ0n) is 14.1. The number of para-hydroxylation sites is 2. The van der Waals surface area contributed by atoms with Gasteiger partial charge < -0.3 is 10.2 Å². The number of hydrogen-bond donors (Lipinski definition) is 1. The maximum Gasteiger partial charge on any atom is 0.242 e. The van der Waals surface area contributed by atoms with Crippen LogP contribution in [0.4, 0.5) is 11.4 Å². The van der Waals surface area contributed by atoms with Crippen LogP contribution in [0.3, 0.4) is 0 Å². The molecule has 1 N–H and O–H groups in total. The van der Waals surface area contributed by atoms with Crippen molar-refractivity contribution in [2.45, 2.75) is 18.7 Å². The minimum atomic E-state index is -3.43. The highest BCUT2D eigenvalue weighted by atomic mass is 32.2. The molecule has 6 heteroatoms. The van der Waals surface area contributed by atoms with Gasteiger partial charge in [-0.2, -0.15) is 0 Å². The number of nitrogens with zero attached hydrogens (tertiary/aromatic N) is 1. The molecule has 2 rings (SSSR count). The predicted octanol–water partition coefficient (Wildman–Crippen LogP) is 2.69. The van der Waals surface area contributed by atoms with E-state index in [4.69, 9.17) is 0 Å². The highest BCUT2D eigenvalue weighted by molar-refractivity contribution is 7.92. The number of rotatable bonds is 6. The van der Waals surface area contributed by atoms with Gasteiger partial charge in [0.15, 0.2) is 9.84 Å². The third-order valence-electron chi connectivity index (χ3n) is 3.85. The maximum atomic E-state index is 12.2. The Labute approximate surface area is 143 Å². The minimum absolute atomic E-state index is 0.530. The molecular formula is C18H22N2O3S. The summed E-state index contributed by atoms with van der Waals surface area (Å²) in [6.07, 6.45) is 1.06. The summed E-state index contributed by atoms with van der Waals surface area (Å²) in [5.41, 5.74) is 2.57. The lowest BCUT2D eigenvalue weighted by Gasteiger charge is -2.23. The molecule has 0 aliphatic rings. The van der Waals surface area contributed by atoms with Gasteiger partial charge in [-0.05, 0) is 24.6 Å². The van der Waals surface area contributed by atoms with E-state index in [2.05, 4.69) is 5.32 Å². The molecule has 0 radical (unpaired) electrons. The van der Waals surface area contributed by atoms with E-state index >= 15 is 0 Å². The van der Waals surface area contributed by atoms with Crippen molar-refractivity contribution >= 4 is 27.1 Å². The molecule has 2 aromatic carbocycles. The Hall–Kier alpha value is -2.34. The molecule has 1 amide bonds. The van der Waals surface area contributed by atoms with E-state index in [0.717, 1.165) is 17.5 Å². The Morgan fingerprint density at radius 3 is 2.29 bits per heavy atom.